The summed E-state index contributed by atoms with van der Waals surface area (Å²) in [6.07, 6.45) is 1.73. The van der Waals surface area contributed by atoms with Crippen LogP contribution in [0.5, 0.6) is 11.5 Å². The van der Waals surface area contributed by atoms with Crippen LogP contribution in [0.2, 0.25) is 0 Å². The maximum Gasteiger partial charge on any atom is 0.258 e. The van der Waals surface area contributed by atoms with Crippen LogP contribution < -0.4 is 20.3 Å². The Bertz CT molecular complexity index is 971. The van der Waals surface area contributed by atoms with Gasteiger partial charge in [0.25, 0.3) is 5.56 Å². The molecular formula is C17H15BrN3O3+. The first-order chi connectivity index (χ1) is 11.7. The summed E-state index contributed by atoms with van der Waals surface area (Å²) in [4.78, 5) is 16.7. The van der Waals surface area contributed by atoms with Crippen LogP contribution in [0.25, 0.3) is 5.65 Å². The highest BCUT2D eigenvalue weighted by atomic mass is 79.9. The molecule has 0 radical (unpaired) electrons. The molecule has 0 atom stereocenters. The third kappa shape index (κ3) is 3.00. The molecule has 1 aliphatic rings. The number of rotatable bonds is 4. The Kier molecular flexibility index (Phi) is 3.95. The second-order valence-electron chi connectivity index (χ2n) is 5.55. The summed E-state index contributed by atoms with van der Waals surface area (Å²) in [6, 6.07) is 11.2. The quantitative estimate of drug-likeness (QED) is 0.734. The molecule has 4 rings (SSSR count). The van der Waals surface area contributed by atoms with Crippen molar-refractivity contribution in [1.29, 1.82) is 0 Å². The van der Waals surface area contributed by atoms with Crippen LogP contribution in [-0.2, 0) is 13.1 Å². The number of halogens is 1. The molecule has 1 aliphatic heterocycles. The lowest BCUT2D eigenvalue weighted by Crippen LogP contribution is -2.80. The van der Waals surface area contributed by atoms with Crippen molar-refractivity contribution in [3.05, 3.63) is 68.7 Å². The average molecular weight is 389 g/mol. The predicted octanol–water partition coefficient (Wildman–Crippen LogP) is 1.45. The lowest BCUT2D eigenvalue weighted by molar-refractivity contribution is -0.686. The zero-order valence-corrected chi connectivity index (χ0v) is 14.3. The minimum absolute atomic E-state index is 0.0761. The van der Waals surface area contributed by atoms with Crippen LogP contribution in [0.15, 0.2) is 51.9 Å². The van der Waals surface area contributed by atoms with Gasteiger partial charge in [-0.25, -0.2) is 4.98 Å². The van der Waals surface area contributed by atoms with E-state index in [0.29, 0.717) is 12.2 Å². The summed E-state index contributed by atoms with van der Waals surface area (Å²) in [5.41, 5.74) is 2.48. The monoisotopic (exact) mass is 388 g/mol. The molecule has 3 aromatic rings. The van der Waals surface area contributed by atoms with Crippen LogP contribution in [0.4, 0.5) is 0 Å². The third-order valence-corrected chi connectivity index (χ3v) is 4.32. The van der Waals surface area contributed by atoms with Crippen LogP contribution in [0.3, 0.4) is 0 Å². The Balaban J connectivity index is 1.47. The average Bonchev–Trinajstić information content (AvgIpc) is 3.03. The number of benzene rings is 1. The lowest BCUT2D eigenvalue weighted by atomic mass is 10.2. The van der Waals surface area contributed by atoms with Gasteiger partial charge in [0.2, 0.25) is 6.79 Å². The molecule has 0 unspecified atom stereocenters. The van der Waals surface area contributed by atoms with E-state index in [1.54, 1.807) is 12.3 Å². The number of ether oxygens (including phenoxy) is 2. The van der Waals surface area contributed by atoms with E-state index < -0.39 is 0 Å². The third-order valence-electron chi connectivity index (χ3n) is 3.85. The van der Waals surface area contributed by atoms with Gasteiger partial charge in [0.15, 0.2) is 11.5 Å². The van der Waals surface area contributed by atoms with Crippen LogP contribution in [0.1, 0.15) is 11.3 Å². The number of nitrogens with zero attached hydrogens (tertiary/aromatic N) is 2. The molecule has 2 aromatic heterocycles. The highest BCUT2D eigenvalue weighted by Gasteiger charge is 2.13. The number of nitrogens with two attached hydrogens (primary N) is 1. The van der Waals surface area contributed by atoms with Gasteiger partial charge in [0.1, 0.15) is 24.4 Å². The summed E-state index contributed by atoms with van der Waals surface area (Å²) in [7, 11) is 0. The number of aromatic nitrogens is 2. The van der Waals surface area contributed by atoms with Crippen molar-refractivity contribution in [2.24, 2.45) is 0 Å². The van der Waals surface area contributed by atoms with E-state index in [-0.39, 0.29) is 12.4 Å². The number of hydrogen-bond donors (Lipinski definition) is 1. The van der Waals surface area contributed by atoms with Gasteiger partial charge in [-0.3, -0.25) is 9.20 Å². The van der Waals surface area contributed by atoms with Crippen LogP contribution in [0, 0.1) is 0 Å². The topological polar surface area (TPSA) is 69.4 Å². The van der Waals surface area contributed by atoms with Gasteiger partial charge in [-0.2, -0.15) is 0 Å². The highest BCUT2D eigenvalue weighted by molar-refractivity contribution is 9.10. The first-order valence-electron chi connectivity index (χ1n) is 7.57. The summed E-state index contributed by atoms with van der Waals surface area (Å²) in [5.74, 6) is 1.57. The van der Waals surface area contributed by atoms with Gasteiger partial charge in [-0.15, -0.1) is 0 Å². The van der Waals surface area contributed by atoms with Gasteiger partial charge >= 0.3 is 0 Å². The van der Waals surface area contributed by atoms with E-state index in [2.05, 4.69) is 26.2 Å². The first-order valence-corrected chi connectivity index (χ1v) is 8.36. The fraction of sp³-hybridized carbons (Fsp3) is 0.176. The second kappa shape index (κ2) is 6.26. The molecule has 7 heteroatoms. The Morgan fingerprint density at radius 3 is 2.92 bits per heavy atom. The molecule has 24 heavy (non-hydrogen) atoms. The fourth-order valence-electron chi connectivity index (χ4n) is 2.69. The van der Waals surface area contributed by atoms with Crippen molar-refractivity contribution < 1.29 is 14.8 Å². The maximum absolute atomic E-state index is 12.2. The summed E-state index contributed by atoms with van der Waals surface area (Å²) in [6.45, 7) is 1.69. The molecule has 6 nitrogen and oxygen atoms in total. The summed E-state index contributed by atoms with van der Waals surface area (Å²) >= 11 is 3.36. The van der Waals surface area contributed by atoms with Crippen molar-refractivity contribution in [3.63, 3.8) is 0 Å². The second-order valence-corrected chi connectivity index (χ2v) is 6.46. The van der Waals surface area contributed by atoms with E-state index >= 15 is 0 Å². The predicted molar refractivity (Wildman–Crippen MR) is 91.1 cm³/mol. The van der Waals surface area contributed by atoms with E-state index in [9.17, 15) is 4.79 Å². The molecule has 0 saturated carbocycles. The molecule has 0 bridgehead atoms. The molecule has 0 spiro atoms. The van der Waals surface area contributed by atoms with Crippen molar-refractivity contribution >= 4 is 21.6 Å². The van der Waals surface area contributed by atoms with Crippen molar-refractivity contribution in [2.45, 2.75) is 13.1 Å². The zero-order valence-electron chi connectivity index (χ0n) is 12.7. The minimum Gasteiger partial charge on any atom is -0.454 e. The molecule has 0 fully saturated rings. The minimum atomic E-state index is -0.0761. The molecule has 0 saturated heterocycles. The number of quaternary nitrogens is 1. The number of pyridine rings is 1. The molecule has 122 valence electrons. The zero-order chi connectivity index (χ0) is 16.5. The summed E-state index contributed by atoms with van der Waals surface area (Å²) in [5, 5.41) is 2.11. The largest absolute Gasteiger partial charge is 0.454 e. The highest BCUT2D eigenvalue weighted by Crippen LogP contribution is 2.32. The van der Waals surface area contributed by atoms with E-state index in [4.69, 9.17) is 9.47 Å². The molecule has 1 aromatic carbocycles. The van der Waals surface area contributed by atoms with Gasteiger partial charge in [-0.05, 0) is 46.3 Å². The van der Waals surface area contributed by atoms with E-state index in [1.165, 1.54) is 4.40 Å². The van der Waals surface area contributed by atoms with E-state index in [1.807, 2.05) is 30.3 Å². The van der Waals surface area contributed by atoms with Crippen molar-refractivity contribution in [3.8, 4) is 11.5 Å². The molecule has 0 amide bonds. The standard InChI is InChI=1S/C17H14BrN3O3/c18-12-2-4-16-20-13(6-17(22)21(16)9-12)8-19-7-11-1-3-14-15(5-11)24-10-23-14/h1-6,9,19H,7-8,10H2/p+1. The van der Waals surface area contributed by atoms with Gasteiger partial charge in [0, 0.05) is 22.3 Å². The van der Waals surface area contributed by atoms with Crippen molar-refractivity contribution in [2.75, 3.05) is 6.79 Å². The smallest absolute Gasteiger partial charge is 0.258 e. The Morgan fingerprint density at radius 1 is 1.12 bits per heavy atom. The maximum atomic E-state index is 12.2. The molecule has 2 N–H and O–H groups in total. The lowest BCUT2D eigenvalue weighted by Gasteiger charge is -2.05. The molecular weight excluding hydrogens is 374 g/mol. The number of fused-ring (bicyclic) bond motifs is 2. The SMILES string of the molecule is O=c1cc(C[NH2+]Cc2ccc3c(c2)OCO3)nc2ccc(Br)cn12. The fourth-order valence-corrected chi connectivity index (χ4v) is 3.02. The first kappa shape index (κ1) is 15.2. The van der Waals surface area contributed by atoms with Crippen molar-refractivity contribution in [1.82, 2.24) is 9.38 Å². The van der Waals surface area contributed by atoms with E-state index in [0.717, 1.165) is 33.8 Å². The van der Waals surface area contributed by atoms with Gasteiger partial charge in [0.05, 0.1) is 0 Å². The van der Waals surface area contributed by atoms with Gasteiger partial charge < -0.3 is 14.8 Å². The number of hydrogen-bond acceptors (Lipinski definition) is 4. The van der Waals surface area contributed by atoms with Gasteiger partial charge in [-0.1, -0.05) is 0 Å². The Hall–Kier alpha value is -2.38. The normalized spacial score (nSPS) is 12.7. The van der Waals surface area contributed by atoms with Crippen LogP contribution in [-0.4, -0.2) is 16.2 Å². The molecule has 0 aliphatic carbocycles. The van der Waals surface area contributed by atoms with Crippen LogP contribution >= 0.6 is 15.9 Å². The Labute approximate surface area is 146 Å². The summed E-state index contributed by atoms with van der Waals surface area (Å²) < 4.78 is 13.1. The Morgan fingerprint density at radius 2 is 2.00 bits per heavy atom. The molecule has 3 heterocycles.